The number of carbonyl (C=O) groups excluding carboxylic acids is 1. The first kappa shape index (κ1) is 18.2. The van der Waals surface area contributed by atoms with Gasteiger partial charge in [0.1, 0.15) is 24.8 Å². The lowest BCUT2D eigenvalue weighted by Crippen LogP contribution is -2.19. The highest BCUT2D eigenvalue weighted by Gasteiger charge is 2.16. The minimum atomic E-state index is -0.577. The maximum Gasteiger partial charge on any atom is 0.307 e. The van der Waals surface area contributed by atoms with Crippen molar-refractivity contribution >= 4 is 17.3 Å². The second-order valence-electron chi connectivity index (χ2n) is 6.03. The molecule has 27 heavy (non-hydrogen) atoms. The molecule has 0 aliphatic carbocycles. The summed E-state index contributed by atoms with van der Waals surface area (Å²) in [7, 11) is 0. The first-order valence-electron chi connectivity index (χ1n) is 8.08. The van der Waals surface area contributed by atoms with Crippen LogP contribution in [0.4, 0.5) is 15.8 Å². The minimum absolute atomic E-state index is 0.165. The van der Waals surface area contributed by atoms with Gasteiger partial charge in [-0.25, -0.2) is 4.39 Å². The van der Waals surface area contributed by atoms with Crippen molar-refractivity contribution in [2.75, 3.05) is 5.32 Å². The maximum atomic E-state index is 13.3. The molecule has 3 rings (SSSR count). The number of anilines is 1. The molecule has 0 aliphatic rings. The standard InChI is InChI=1S/C17H17FN6O3/c1-11-17(20-16(25)10-22-9-15(7-19-22)24(26)27)12(2)23(21-11)8-13-4-3-5-14(18)6-13/h3-7,9H,8,10H2,1-2H3,(H,20,25). The number of nitrogens with one attached hydrogen (secondary N) is 1. The van der Waals surface area contributed by atoms with Crippen molar-refractivity contribution in [3.05, 3.63) is 69.5 Å². The molecule has 0 bridgehead atoms. The summed E-state index contributed by atoms with van der Waals surface area (Å²) in [5.74, 6) is -0.708. The predicted octanol–water partition coefficient (Wildman–Crippen LogP) is 2.43. The highest BCUT2D eigenvalue weighted by molar-refractivity contribution is 5.91. The van der Waals surface area contributed by atoms with Crippen LogP contribution in [0.5, 0.6) is 0 Å². The number of amides is 1. The van der Waals surface area contributed by atoms with Crippen LogP contribution < -0.4 is 5.32 Å². The van der Waals surface area contributed by atoms with Crippen molar-refractivity contribution in [1.82, 2.24) is 19.6 Å². The SMILES string of the molecule is Cc1nn(Cc2cccc(F)c2)c(C)c1NC(=O)Cn1cc([N+](=O)[O-])cn1. The lowest BCUT2D eigenvalue weighted by Gasteiger charge is -2.07. The molecule has 3 aromatic rings. The number of aryl methyl sites for hydroxylation is 1. The van der Waals surface area contributed by atoms with Crippen LogP contribution in [0.1, 0.15) is 17.0 Å². The van der Waals surface area contributed by atoms with Gasteiger partial charge in [-0.1, -0.05) is 12.1 Å². The van der Waals surface area contributed by atoms with E-state index >= 15 is 0 Å². The summed E-state index contributed by atoms with van der Waals surface area (Å²) >= 11 is 0. The molecule has 0 unspecified atom stereocenters. The highest BCUT2D eigenvalue weighted by Crippen LogP contribution is 2.21. The van der Waals surface area contributed by atoms with E-state index in [4.69, 9.17) is 0 Å². The van der Waals surface area contributed by atoms with Crippen LogP contribution in [0, 0.1) is 29.8 Å². The molecule has 1 N–H and O–H groups in total. The van der Waals surface area contributed by atoms with E-state index in [-0.39, 0.29) is 24.0 Å². The molecular weight excluding hydrogens is 355 g/mol. The van der Waals surface area contributed by atoms with Crippen LogP contribution in [0.2, 0.25) is 0 Å². The Morgan fingerprint density at radius 1 is 1.37 bits per heavy atom. The number of nitrogens with zero attached hydrogens (tertiary/aromatic N) is 5. The van der Waals surface area contributed by atoms with Crippen molar-refractivity contribution < 1.29 is 14.1 Å². The van der Waals surface area contributed by atoms with Gasteiger partial charge in [0.15, 0.2) is 0 Å². The average molecular weight is 372 g/mol. The third-order valence-electron chi connectivity index (χ3n) is 4.00. The van der Waals surface area contributed by atoms with E-state index in [0.29, 0.717) is 17.9 Å². The van der Waals surface area contributed by atoms with Gasteiger partial charge < -0.3 is 5.32 Å². The zero-order valence-corrected chi connectivity index (χ0v) is 14.7. The molecule has 1 amide bonds. The molecule has 0 fully saturated rings. The Bertz CT molecular complexity index is 1010. The lowest BCUT2D eigenvalue weighted by atomic mass is 10.2. The van der Waals surface area contributed by atoms with Crippen molar-refractivity contribution in [2.24, 2.45) is 0 Å². The van der Waals surface area contributed by atoms with Crippen molar-refractivity contribution in [3.63, 3.8) is 0 Å². The van der Waals surface area contributed by atoms with Crippen LogP contribution in [-0.4, -0.2) is 30.4 Å². The smallest absolute Gasteiger partial charge is 0.307 e. The van der Waals surface area contributed by atoms with Crippen molar-refractivity contribution in [2.45, 2.75) is 26.9 Å². The summed E-state index contributed by atoms with van der Waals surface area (Å²) in [6, 6.07) is 6.22. The Hall–Kier alpha value is -3.56. The van der Waals surface area contributed by atoms with Gasteiger partial charge in [0.05, 0.1) is 28.5 Å². The normalized spacial score (nSPS) is 10.8. The Balaban J connectivity index is 1.72. The fraction of sp³-hybridized carbons (Fsp3) is 0.235. The van der Waals surface area contributed by atoms with E-state index in [1.54, 1.807) is 30.7 Å². The summed E-state index contributed by atoms with van der Waals surface area (Å²) in [4.78, 5) is 22.3. The molecule has 2 aromatic heterocycles. The largest absolute Gasteiger partial charge is 0.321 e. The van der Waals surface area contributed by atoms with Crippen molar-refractivity contribution in [1.29, 1.82) is 0 Å². The molecule has 0 saturated heterocycles. The first-order chi connectivity index (χ1) is 12.8. The molecule has 0 atom stereocenters. The second kappa shape index (κ2) is 7.36. The van der Waals surface area contributed by atoms with Gasteiger partial charge in [0, 0.05) is 0 Å². The molecular formula is C17H17FN6O3. The molecule has 1 aromatic carbocycles. The van der Waals surface area contributed by atoms with Gasteiger partial charge in [0.2, 0.25) is 5.91 Å². The zero-order chi connectivity index (χ0) is 19.6. The fourth-order valence-electron chi connectivity index (χ4n) is 2.70. The molecule has 9 nitrogen and oxygen atoms in total. The van der Waals surface area contributed by atoms with E-state index < -0.39 is 4.92 Å². The number of aromatic nitrogens is 4. The summed E-state index contributed by atoms with van der Waals surface area (Å²) in [6.07, 6.45) is 2.27. The lowest BCUT2D eigenvalue weighted by molar-refractivity contribution is -0.385. The molecule has 10 heteroatoms. The van der Waals surface area contributed by atoms with E-state index in [1.165, 1.54) is 23.0 Å². The number of hydrogen-bond donors (Lipinski definition) is 1. The fourth-order valence-corrected chi connectivity index (χ4v) is 2.70. The third-order valence-corrected chi connectivity index (χ3v) is 4.00. The van der Waals surface area contributed by atoms with Crippen LogP contribution >= 0.6 is 0 Å². The second-order valence-corrected chi connectivity index (χ2v) is 6.03. The Morgan fingerprint density at radius 2 is 2.15 bits per heavy atom. The van der Waals surface area contributed by atoms with Gasteiger partial charge in [-0.15, -0.1) is 0 Å². The Kier molecular flexibility index (Phi) is 4.97. The molecule has 2 heterocycles. The van der Waals surface area contributed by atoms with Crippen LogP contribution in [0.3, 0.4) is 0 Å². The van der Waals surface area contributed by atoms with E-state index in [1.807, 2.05) is 0 Å². The van der Waals surface area contributed by atoms with Crippen LogP contribution in [0.25, 0.3) is 0 Å². The van der Waals surface area contributed by atoms with Gasteiger partial charge in [-0.3, -0.25) is 24.3 Å². The van der Waals surface area contributed by atoms with Crippen LogP contribution in [-0.2, 0) is 17.9 Å². The number of nitro groups is 1. The number of halogens is 1. The third kappa shape index (κ3) is 4.17. The monoisotopic (exact) mass is 372 g/mol. The van der Waals surface area contributed by atoms with E-state index in [2.05, 4.69) is 15.5 Å². The summed E-state index contributed by atoms with van der Waals surface area (Å²) in [5.41, 5.74) is 2.46. The molecule has 0 spiro atoms. The topological polar surface area (TPSA) is 108 Å². The van der Waals surface area contributed by atoms with E-state index in [9.17, 15) is 19.3 Å². The predicted molar refractivity (Wildman–Crippen MR) is 94.7 cm³/mol. The maximum absolute atomic E-state index is 13.3. The van der Waals surface area contributed by atoms with Crippen molar-refractivity contribution in [3.8, 4) is 0 Å². The Labute approximate surface area is 153 Å². The molecule has 140 valence electrons. The Morgan fingerprint density at radius 3 is 2.81 bits per heavy atom. The van der Waals surface area contributed by atoms with Gasteiger partial charge >= 0.3 is 5.69 Å². The number of benzene rings is 1. The quantitative estimate of drug-likeness (QED) is 0.528. The summed E-state index contributed by atoms with van der Waals surface area (Å²) in [5, 5.41) is 21.6. The molecule has 0 aliphatic heterocycles. The van der Waals surface area contributed by atoms with E-state index in [0.717, 1.165) is 17.5 Å². The number of carbonyl (C=O) groups is 1. The first-order valence-corrected chi connectivity index (χ1v) is 8.08. The highest BCUT2D eigenvalue weighted by atomic mass is 19.1. The molecule has 0 saturated carbocycles. The van der Waals surface area contributed by atoms with Gasteiger partial charge in [0.25, 0.3) is 0 Å². The minimum Gasteiger partial charge on any atom is -0.321 e. The number of hydrogen-bond acceptors (Lipinski definition) is 5. The summed E-state index contributed by atoms with van der Waals surface area (Å²) < 4.78 is 16.2. The molecule has 0 radical (unpaired) electrons. The summed E-state index contributed by atoms with van der Waals surface area (Å²) in [6.45, 7) is 3.75. The van der Waals surface area contributed by atoms with Crippen LogP contribution in [0.15, 0.2) is 36.7 Å². The average Bonchev–Trinajstić information content (AvgIpc) is 3.16. The zero-order valence-electron chi connectivity index (χ0n) is 14.7. The number of rotatable bonds is 6. The van der Waals surface area contributed by atoms with Gasteiger partial charge in [-0.05, 0) is 31.5 Å². The van der Waals surface area contributed by atoms with Gasteiger partial charge in [-0.2, -0.15) is 10.2 Å².